The second-order valence-corrected chi connectivity index (χ2v) is 6.84. The van der Waals surface area contributed by atoms with Gasteiger partial charge in [-0.25, -0.2) is 4.98 Å². The van der Waals surface area contributed by atoms with Gasteiger partial charge in [0.1, 0.15) is 5.82 Å². The summed E-state index contributed by atoms with van der Waals surface area (Å²) in [5, 5.41) is 4.31. The number of alkyl halides is 1. The number of H-pyrrole nitrogens is 1. The van der Waals surface area contributed by atoms with Crippen molar-refractivity contribution < 1.29 is 0 Å². The Hall–Kier alpha value is -0.330. The van der Waals surface area contributed by atoms with Gasteiger partial charge in [0.05, 0.1) is 17.1 Å². The van der Waals surface area contributed by atoms with E-state index in [1.54, 1.807) is 0 Å². The Kier molecular flexibility index (Phi) is 3.28. The average molecular weight is 376 g/mol. The first-order valence-corrected chi connectivity index (χ1v) is 7.72. The van der Waals surface area contributed by atoms with E-state index in [2.05, 4.69) is 39.8 Å². The van der Waals surface area contributed by atoms with Crippen LogP contribution in [-0.2, 0) is 0 Å². The first-order chi connectivity index (χ1) is 8.58. The zero-order chi connectivity index (χ0) is 12.9. The molecule has 2 heterocycles. The summed E-state index contributed by atoms with van der Waals surface area (Å²) in [7, 11) is 0. The average Bonchev–Trinajstić information content (AvgIpc) is 2.90. The molecule has 0 amide bonds. The number of hydrogen-bond donors (Lipinski definition) is 2. The van der Waals surface area contributed by atoms with Crippen LogP contribution in [0.15, 0.2) is 12.1 Å². The quantitative estimate of drug-likeness (QED) is 0.590. The molecule has 0 spiro atoms. The molecule has 0 saturated carbocycles. The molecule has 96 valence electrons. The first-order valence-electron chi connectivity index (χ1n) is 6.10. The number of aromatic nitrogens is 2. The van der Waals surface area contributed by atoms with E-state index >= 15 is 0 Å². The molecule has 5 heteroatoms. The molecule has 3 atom stereocenters. The van der Waals surface area contributed by atoms with E-state index in [0.717, 1.165) is 34.0 Å². The highest BCUT2D eigenvalue weighted by atomic mass is 127. The summed E-state index contributed by atoms with van der Waals surface area (Å²) in [5.74, 6) is 1.70. The maximum absolute atomic E-state index is 6.14. The summed E-state index contributed by atoms with van der Waals surface area (Å²) in [6.45, 7) is 5.34. The number of aryl methyl sites for hydroxylation is 1. The van der Waals surface area contributed by atoms with Gasteiger partial charge in [0.15, 0.2) is 0 Å². The molecular formula is C13H15ClIN3. The lowest BCUT2D eigenvalue weighted by molar-refractivity contribution is 0.624. The van der Waals surface area contributed by atoms with Gasteiger partial charge in [-0.15, -0.1) is 0 Å². The van der Waals surface area contributed by atoms with E-state index in [-0.39, 0.29) is 0 Å². The number of imidazole rings is 1. The molecule has 2 N–H and O–H groups in total. The van der Waals surface area contributed by atoms with E-state index in [1.807, 2.05) is 19.1 Å². The zero-order valence-electron chi connectivity index (χ0n) is 10.3. The minimum Gasteiger partial charge on any atom is -0.341 e. The van der Waals surface area contributed by atoms with Crippen molar-refractivity contribution in [2.24, 2.45) is 5.92 Å². The van der Waals surface area contributed by atoms with Crippen LogP contribution in [0.5, 0.6) is 0 Å². The van der Waals surface area contributed by atoms with Crippen LogP contribution >= 0.6 is 34.2 Å². The van der Waals surface area contributed by atoms with Crippen molar-refractivity contribution >= 4 is 45.2 Å². The van der Waals surface area contributed by atoms with Crippen LogP contribution in [0.25, 0.3) is 11.0 Å². The summed E-state index contributed by atoms with van der Waals surface area (Å²) in [6.07, 6.45) is 0. The number of rotatable bonds is 1. The Balaban J connectivity index is 2.06. The highest BCUT2D eigenvalue weighted by Crippen LogP contribution is 2.34. The Morgan fingerprint density at radius 2 is 2.22 bits per heavy atom. The van der Waals surface area contributed by atoms with Gasteiger partial charge in [0.2, 0.25) is 0 Å². The zero-order valence-corrected chi connectivity index (χ0v) is 13.2. The highest BCUT2D eigenvalue weighted by molar-refractivity contribution is 14.1. The number of hydrogen-bond acceptors (Lipinski definition) is 2. The fourth-order valence-corrected chi connectivity index (χ4v) is 3.47. The normalized spacial score (nSPS) is 28.1. The van der Waals surface area contributed by atoms with Crippen molar-refractivity contribution in [2.75, 3.05) is 6.54 Å². The van der Waals surface area contributed by atoms with E-state index in [4.69, 9.17) is 16.6 Å². The summed E-state index contributed by atoms with van der Waals surface area (Å²) in [5.41, 5.74) is 3.10. The molecule has 3 nitrogen and oxygen atoms in total. The maximum atomic E-state index is 6.14. The molecule has 1 aliphatic rings. The molecule has 18 heavy (non-hydrogen) atoms. The molecule has 0 bridgehead atoms. The molecule has 1 aromatic heterocycles. The van der Waals surface area contributed by atoms with Gasteiger partial charge in [-0.05, 0) is 37.1 Å². The molecule has 1 fully saturated rings. The number of nitrogens with zero attached hydrogens (tertiary/aromatic N) is 1. The van der Waals surface area contributed by atoms with Gasteiger partial charge < -0.3 is 10.3 Å². The second kappa shape index (κ2) is 4.65. The van der Waals surface area contributed by atoms with E-state index < -0.39 is 0 Å². The Bertz CT molecular complexity index is 595. The largest absolute Gasteiger partial charge is 0.341 e. The van der Waals surface area contributed by atoms with E-state index in [1.165, 1.54) is 0 Å². The SMILES string of the molecule is Cc1c(Cl)ccc2[nH]c([C@H]3NC[C@H](C)C3I)nc12. The topological polar surface area (TPSA) is 40.7 Å². The van der Waals surface area contributed by atoms with Crippen molar-refractivity contribution in [1.29, 1.82) is 0 Å². The van der Waals surface area contributed by atoms with Crippen LogP contribution in [0.3, 0.4) is 0 Å². The lowest BCUT2D eigenvalue weighted by Crippen LogP contribution is -2.19. The minimum absolute atomic E-state index is 0.311. The summed E-state index contributed by atoms with van der Waals surface area (Å²) >= 11 is 8.65. The summed E-state index contributed by atoms with van der Waals surface area (Å²) in [4.78, 5) is 8.15. The fourth-order valence-electron chi connectivity index (χ4n) is 2.47. The Morgan fingerprint density at radius 3 is 2.89 bits per heavy atom. The van der Waals surface area contributed by atoms with Gasteiger partial charge in [-0.1, -0.05) is 41.1 Å². The predicted octanol–water partition coefficient (Wildman–Crippen LogP) is 3.61. The summed E-state index contributed by atoms with van der Waals surface area (Å²) in [6, 6.07) is 4.24. The molecule has 1 aliphatic heterocycles. The van der Waals surface area contributed by atoms with Crippen molar-refractivity contribution in [2.45, 2.75) is 23.8 Å². The number of fused-ring (bicyclic) bond motifs is 1. The van der Waals surface area contributed by atoms with Crippen molar-refractivity contribution in [1.82, 2.24) is 15.3 Å². The standard InChI is InChI=1S/C13H15ClIN3/c1-6-5-16-12(10(6)15)13-17-9-4-3-8(14)7(2)11(9)18-13/h3-4,6,10,12,16H,5H2,1-2H3,(H,17,18)/t6-,10?,12-/m0/s1. The Labute approximate surface area is 125 Å². The lowest BCUT2D eigenvalue weighted by atomic mass is 10.1. The molecule has 0 aliphatic carbocycles. The third-order valence-electron chi connectivity index (χ3n) is 3.68. The molecule has 1 saturated heterocycles. The minimum atomic E-state index is 0.311. The van der Waals surface area contributed by atoms with Crippen LogP contribution in [0.4, 0.5) is 0 Å². The van der Waals surface area contributed by atoms with Crippen LogP contribution < -0.4 is 5.32 Å². The van der Waals surface area contributed by atoms with Gasteiger partial charge in [-0.3, -0.25) is 0 Å². The van der Waals surface area contributed by atoms with Crippen LogP contribution in [0.2, 0.25) is 5.02 Å². The van der Waals surface area contributed by atoms with Gasteiger partial charge in [-0.2, -0.15) is 0 Å². The fraction of sp³-hybridized carbons (Fsp3) is 0.462. The predicted molar refractivity (Wildman–Crippen MR) is 83.6 cm³/mol. The van der Waals surface area contributed by atoms with E-state index in [0.29, 0.717) is 15.9 Å². The third-order valence-corrected chi connectivity index (χ3v) is 6.03. The second-order valence-electron chi connectivity index (χ2n) is 5.00. The van der Waals surface area contributed by atoms with E-state index in [9.17, 15) is 0 Å². The van der Waals surface area contributed by atoms with Crippen molar-refractivity contribution in [3.8, 4) is 0 Å². The third kappa shape index (κ3) is 1.94. The molecule has 2 aromatic rings. The number of halogens is 2. The highest BCUT2D eigenvalue weighted by Gasteiger charge is 2.33. The maximum Gasteiger partial charge on any atom is 0.125 e. The first kappa shape index (κ1) is 12.7. The van der Waals surface area contributed by atoms with Crippen molar-refractivity contribution in [3.63, 3.8) is 0 Å². The molecule has 0 radical (unpaired) electrons. The molecule has 3 rings (SSSR count). The summed E-state index contributed by atoms with van der Waals surface area (Å²) < 4.78 is 0.568. The van der Waals surface area contributed by atoms with Crippen LogP contribution in [-0.4, -0.2) is 20.4 Å². The van der Waals surface area contributed by atoms with Crippen molar-refractivity contribution in [3.05, 3.63) is 28.5 Å². The Morgan fingerprint density at radius 1 is 1.44 bits per heavy atom. The van der Waals surface area contributed by atoms with Crippen LogP contribution in [0.1, 0.15) is 24.4 Å². The number of benzene rings is 1. The van der Waals surface area contributed by atoms with Gasteiger partial charge in [0, 0.05) is 8.95 Å². The van der Waals surface area contributed by atoms with Crippen LogP contribution in [0, 0.1) is 12.8 Å². The number of aromatic amines is 1. The van der Waals surface area contributed by atoms with Gasteiger partial charge in [0.25, 0.3) is 0 Å². The molecular weight excluding hydrogens is 361 g/mol. The smallest absolute Gasteiger partial charge is 0.125 e. The van der Waals surface area contributed by atoms with Gasteiger partial charge >= 0.3 is 0 Å². The monoisotopic (exact) mass is 375 g/mol. The molecule has 1 unspecified atom stereocenters. The molecule has 1 aromatic carbocycles. The number of nitrogens with one attached hydrogen (secondary N) is 2. The lowest BCUT2D eigenvalue weighted by Gasteiger charge is -2.13.